The minimum absolute atomic E-state index is 0.230. The maximum atomic E-state index is 12.8. The fraction of sp³-hybridized carbons (Fsp3) is 0.235. The van der Waals surface area contributed by atoms with Crippen molar-refractivity contribution in [3.63, 3.8) is 0 Å². The van der Waals surface area contributed by atoms with Crippen LogP contribution in [0.1, 0.15) is 23.4 Å². The summed E-state index contributed by atoms with van der Waals surface area (Å²) in [7, 11) is 0. The zero-order chi connectivity index (χ0) is 18.3. The summed E-state index contributed by atoms with van der Waals surface area (Å²) in [5.74, 6) is -0.378. The average Bonchev–Trinajstić information content (AvgIpc) is 2.86. The number of carbonyl (C=O) groups is 1. The number of hydrogen-bond acceptors (Lipinski definition) is 4. The van der Waals surface area contributed by atoms with E-state index in [1.165, 1.54) is 22.2 Å². The number of thiophene rings is 1. The van der Waals surface area contributed by atoms with Crippen LogP contribution < -0.4 is 10.9 Å². The number of carbonyl (C=O) groups excluding carboxylic acids is 1. The predicted molar refractivity (Wildman–Crippen MR) is 103 cm³/mol. The summed E-state index contributed by atoms with van der Waals surface area (Å²) in [6.45, 7) is 5.47. The number of aryl methyl sites for hydroxylation is 2. The van der Waals surface area contributed by atoms with Gasteiger partial charge in [0.15, 0.2) is 0 Å². The second-order valence-corrected chi connectivity index (χ2v) is 7.76. The highest BCUT2D eigenvalue weighted by Gasteiger charge is 2.20. The van der Waals surface area contributed by atoms with Gasteiger partial charge in [-0.2, -0.15) is 0 Å². The van der Waals surface area contributed by atoms with Crippen molar-refractivity contribution < 1.29 is 4.79 Å². The van der Waals surface area contributed by atoms with Gasteiger partial charge in [0.1, 0.15) is 10.9 Å². The molecular weight excluding hydrogens is 381 g/mol. The van der Waals surface area contributed by atoms with Crippen LogP contribution in [0.15, 0.2) is 29.3 Å². The first kappa shape index (κ1) is 17.9. The van der Waals surface area contributed by atoms with Gasteiger partial charge in [-0.15, -0.1) is 11.3 Å². The fourth-order valence-electron chi connectivity index (χ4n) is 2.48. The van der Waals surface area contributed by atoms with Gasteiger partial charge in [-0.3, -0.25) is 14.2 Å². The smallest absolute Gasteiger partial charge is 0.263 e. The number of benzene rings is 1. The topological polar surface area (TPSA) is 64.0 Å². The lowest BCUT2D eigenvalue weighted by Gasteiger charge is -2.15. The maximum Gasteiger partial charge on any atom is 0.263 e. The van der Waals surface area contributed by atoms with Gasteiger partial charge in [0.25, 0.3) is 5.56 Å². The normalized spacial score (nSPS) is 12.4. The third-order valence-electron chi connectivity index (χ3n) is 4.10. The lowest BCUT2D eigenvalue weighted by Crippen LogP contribution is -2.31. The summed E-state index contributed by atoms with van der Waals surface area (Å²) in [5, 5.41) is 4.09. The molecule has 0 aliphatic carbocycles. The van der Waals surface area contributed by atoms with Crippen LogP contribution in [-0.2, 0) is 4.79 Å². The number of aromatic nitrogens is 2. The largest absolute Gasteiger partial charge is 0.323 e. The summed E-state index contributed by atoms with van der Waals surface area (Å²) < 4.78 is 1.33. The van der Waals surface area contributed by atoms with E-state index in [-0.39, 0.29) is 11.5 Å². The van der Waals surface area contributed by atoms with Gasteiger partial charge in [0.05, 0.1) is 22.4 Å². The van der Waals surface area contributed by atoms with Crippen molar-refractivity contribution in [2.75, 3.05) is 5.32 Å². The molecule has 1 N–H and O–H groups in total. The van der Waals surface area contributed by atoms with Crippen molar-refractivity contribution in [3.8, 4) is 0 Å². The van der Waals surface area contributed by atoms with E-state index in [1.54, 1.807) is 25.1 Å². The molecule has 0 fully saturated rings. The summed E-state index contributed by atoms with van der Waals surface area (Å²) in [4.78, 5) is 31.4. The van der Waals surface area contributed by atoms with Crippen molar-refractivity contribution in [2.24, 2.45) is 0 Å². The molecule has 1 aromatic carbocycles. The molecule has 25 heavy (non-hydrogen) atoms. The average molecular weight is 396 g/mol. The molecule has 0 aliphatic rings. The van der Waals surface area contributed by atoms with E-state index in [2.05, 4.69) is 10.3 Å². The predicted octanol–water partition coefficient (Wildman–Crippen LogP) is 4.58. The van der Waals surface area contributed by atoms with E-state index in [0.717, 1.165) is 10.4 Å². The van der Waals surface area contributed by atoms with Crippen LogP contribution in [0, 0.1) is 13.8 Å². The van der Waals surface area contributed by atoms with E-state index in [1.807, 2.05) is 13.8 Å². The number of amides is 1. The summed E-state index contributed by atoms with van der Waals surface area (Å²) in [6, 6.07) is 4.04. The Morgan fingerprint density at radius 2 is 2.04 bits per heavy atom. The van der Waals surface area contributed by atoms with Crippen molar-refractivity contribution >= 4 is 56.3 Å². The molecule has 0 saturated carbocycles. The summed E-state index contributed by atoms with van der Waals surface area (Å²) in [5.41, 5.74) is 1.07. The number of nitrogens with one attached hydrogen (secondary N) is 1. The minimum atomic E-state index is -0.751. The number of hydrogen-bond donors (Lipinski definition) is 1. The van der Waals surface area contributed by atoms with Crippen LogP contribution in [0.3, 0.4) is 0 Å². The Morgan fingerprint density at radius 1 is 1.32 bits per heavy atom. The van der Waals surface area contributed by atoms with Gasteiger partial charge in [0.2, 0.25) is 5.91 Å². The molecule has 1 amide bonds. The van der Waals surface area contributed by atoms with Gasteiger partial charge in [-0.1, -0.05) is 23.2 Å². The van der Waals surface area contributed by atoms with Crippen LogP contribution in [0.25, 0.3) is 10.2 Å². The Labute approximate surface area is 158 Å². The molecule has 2 heterocycles. The van der Waals surface area contributed by atoms with Crippen molar-refractivity contribution in [1.29, 1.82) is 0 Å². The standard InChI is InChI=1S/C17H15Cl2N3O2S/c1-8-10(3)25-16-14(8)17(24)22(7-20-16)9(2)15(23)21-13-6-11(18)4-5-12(13)19/h4-7,9H,1-3H3,(H,21,23)/t9-/m0/s1. The van der Waals surface area contributed by atoms with E-state index >= 15 is 0 Å². The lowest BCUT2D eigenvalue weighted by atomic mass is 10.2. The molecule has 0 unspecified atom stereocenters. The van der Waals surface area contributed by atoms with Crippen LogP contribution in [0.4, 0.5) is 5.69 Å². The van der Waals surface area contributed by atoms with E-state index in [0.29, 0.717) is 25.9 Å². The Balaban J connectivity index is 1.96. The quantitative estimate of drug-likeness (QED) is 0.705. The Morgan fingerprint density at radius 3 is 2.76 bits per heavy atom. The second kappa shape index (κ2) is 6.78. The van der Waals surface area contributed by atoms with Crippen LogP contribution in [0.5, 0.6) is 0 Å². The highest BCUT2D eigenvalue weighted by molar-refractivity contribution is 7.18. The van der Waals surface area contributed by atoms with Gasteiger partial charge < -0.3 is 5.32 Å². The fourth-order valence-corrected chi connectivity index (χ4v) is 3.81. The highest BCUT2D eigenvalue weighted by Crippen LogP contribution is 2.27. The van der Waals surface area contributed by atoms with Gasteiger partial charge in [0, 0.05) is 9.90 Å². The Hall–Kier alpha value is -1.89. The van der Waals surface area contributed by atoms with E-state index in [4.69, 9.17) is 23.2 Å². The first-order valence-electron chi connectivity index (χ1n) is 7.52. The zero-order valence-electron chi connectivity index (χ0n) is 13.8. The van der Waals surface area contributed by atoms with E-state index in [9.17, 15) is 9.59 Å². The third-order valence-corrected chi connectivity index (χ3v) is 5.78. The molecule has 8 heteroatoms. The number of nitrogens with zero attached hydrogens (tertiary/aromatic N) is 2. The molecule has 2 aromatic heterocycles. The zero-order valence-corrected chi connectivity index (χ0v) is 16.1. The SMILES string of the molecule is Cc1sc2ncn([C@@H](C)C(=O)Nc3cc(Cl)ccc3Cl)c(=O)c2c1C. The van der Waals surface area contributed by atoms with E-state index < -0.39 is 6.04 Å². The molecule has 130 valence electrons. The van der Waals surface area contributed by atoms with Crippen LogP contribution in [-0.4, -0.2) is 15.5 Å². The highest BCUT2D eigenvalue weighted by atomic mass is 35.5. The van der Waals surface area contributed by atoms with Crippen molar-refractivity contribution in [2.45, 2.75) is 26.8 Å². The van der Waals surface area contributed by atoms with Gasteiger partial charge >= 0.3 is 0 Å². The third kappa shape index (κ3) is 3.29. The summed E-state index contributed by atoms with van der Waals surface area (Å²) >= 11 is 13.5. The van der Waals surface area contributed by atoms with Gasteiger partial charge in [-0.05, 0) is 44.5 Å². The van der Waals surface area contributed by atoms with Gasteiger partial charge in [-0.25, -0.2) is 4.98 Å². The molecule has 1 atom stereocenters. The number of anilines is 1. The maximum absolute atomic E-state index is 12.8. The molecule has 0 radical (unpaired) electrons. The van der Waals surface area contributed by atoms with Crippen LogP contribution >= 0.6 is 34.5 Å². The van der Waals surface area contributed by atoms with Crippen LogP contribution in [0.2, 0.25) is 10.0 Å². The second-order valence-electron chi connectivity index (χ2n) is 5.71. The minimum Gasteiger partial charge on any atom is -0.323 e. The molecule has 0 saturated heterocycles. The molecular formula is C17H15Cl2N3O2S. The Kier molecular flexibility index (Phi) is 4.86. The monoisotopic (exact) mass is 395 g/mol. The lowest BCUT2D eigenvalue weighted by molar-refractivity contribution is -0.118. The molecule has 0 aliphatic heterocycles. The first-order chi connectivity index (χ1) is 11.8. The van der Waals surface area contributed by atoms with Crippen molar-refractivity contribution in [3.05, 3.63) is 55.4 Å². The summed E-state index contributed by atoms with van der Waals surface area (Å²) in [6.07, 6.45) is 1.41. The molecule has 3 aromatic rings. The Bertz CT molecular complexity index is 1040. The number of fused-ring (bicyclic) bond motifs is 1. The molecule has 0 spiro atoms. The van der Waals surface area contributed by atoms with Crippen molar-refractivity contribution in [1.82, 2.24) is 9.55 Å². The number of rotatable bonds is 3. The first-order valence-corrected chi connectivity index (χ1v) is 9.09. The molecule has 3 rings (SSSR count). The molecule has 5 nitrogen and oxygen atoms in total. The molecule has 0 bridgehead atoms. The number of halogens is 2.